The molecule has 2 aromatic carbocycles. The summed E-state index contributed by atoms with van der Waals surface area (Å²) >= 11 is 0. The van der Waals surface area contributed by atoms with Gasteiger partial charge >= 0.3 is 12.4 Å². The van der Waals surface area contributed by atoms with Crippen molar-refractivity contribution >= 4 is 5.57 Å². The normalized spacial score (nSPS) is 15.1. The van der Waals surface area contributed by atoms with Gasteiger partial charge in [0.2, 0.25) is 0 Å². The molecule has 0 saturated carbocycles. The first-order valence-corrected chi connectivity index (χ1v) is 9.48. The minimum Gasteiger partial charge on any atom is -0.338 e. The summed E-state index contributed by atoms with van der Waals surface area (Å²) < 4.78 is 77.5. The molecule has 0 radical (unpaired) electrons. The molecule has 1 aromatic heterocycles. The van der Waals surface area contributed by atoms with E-state index in [1.807, 2.05) is 6.08 Å². The summed E-state index contributed by atoms with van der Waals surface area (Å²) in [6.45, 7) is 1.40. The van der Waals surface area contributed by atoms with Crippen LogP contribution in [0.25, 0.3) is 28.1 Å². The summed E-state index contributed by atoms with van der Waals surface area (Å²) in [6.07, 6.45) is -6.28. The summed E-state index contributed by atoms with van der Waals surface area (Å²) in [5.41, 5.74) is 1.07. The van der Waals surface area contributed by atoms with Gasteiger partial charge in [-0.3, -0.25) is 0 Å². The SMILES string of the molecule is FC(F)(F)c1ccc(-c2nc(C3=CCNCC3)[nH]c2-c2ccc(C(F)(F)F)cc2)cc1. The second kappa shape index (κ2) is 7.88. The molecule has 0 amide bonds. The fraction of sp³-hybridized carbons (Fsp3) is 0.227. The van der Waals surface area contributed by atoms with E-state index in [0.717, 1.165) is 36.4 Å². The molecule has 0 fully saturated rings. The number of hydrogen-bond acceptors (Lipinski definition) is 2. The van der Waals surface area contributed by atoms with Gasteiger partial charge < -0.3 is 10.3 Å². The molecule has 0 bridgehead atoms. The van der Waals surface area contributed by atoms with Gasteiger partial charge in [-0.25, -0.2) is 4.98 Å². The lowest BCUT2D eigenvalue weighted by Crippen LogP contribution is -2.20. The van der Waals surface area contributed by atoms with Crippen LogP contribution in [0.15, 0.2) is 54.6 Å². The summed E-state index contributed by atoms with van der Waals surface area (Å²) in [4.78, 5) is 7.75. The number of H-pyrrole nitrogens is 1. The number of imidazole rings is 1. The zero-order valence-corrected chi connectivity index (χ0v) is 16.0. The quantitative estimate of drug-likeness (QED) is 0.482. The summed E-state index contributed by atoms with van der Waals surface area (Å²) in [7, 11) is 0. The predicted octanol–water partition coefficient (Wildman–Crippen LogP) is 6.16. The van der Waals surface area contributed by atoms with Gasteiger partial charge in [-0.2, -0.15) is 26.3 Å². The number of alkyl halides is 6. The Morgan fingerprint density at radius 2 is 1.29 bits per heavy atom. The lowest BCUT2D eigenvalue weighted by Gasteiger charge is -2.11. The Kier molecular flexibility index (Phi) is 5.38. The average molecular weight is 437 g/mol. The maximum absolute atomic E-state index is 12.9. The van der Waals surface area contributed by atoms with E-state index in [0.29, 0.717) is 41.3 Å². The van der Waals surface area contributed by atoms with Crippen LogP contribution < -0.4 is 5.32 Å². The van der Waals surface area contributed by atoms with Crippen LogP contribution in [0.3, 0.4) is 0 Å². The van der Waals surface area contributed by atoms with Crippen LogP contribution in [0.4, 0.5) is 26.3 Å². The largest absolute Gasteiger partial charge is 0.416 e. The highest BCUT2D eigenvalue weighted by Gasteiger charge is 2.31. The lowest BCUT2D eigenvalue weighted by molar-refractivity contribution is -0.138. The van der Waals surface area contributed by atoms with Gasteiger partial charge in [-0.15, -0.1) is 0 Å². The van der Waals surface area contributed by atoms with Gasteiger partial charge in [0.15, 0.2) is 0 Å². The van der Waals surface area contributed by atoms with E-state index in [1.165, 1.54) is 24.3 Å². The van der Waals surface area contributed by atoms with Crippen molar-refractivity contribution in [2.45, 2.75) is 18.8 Å². The van der Waals surface area contributed by atoms with Crippen LogP contribution in [0.2, 0.25) is 0 Å². The fourth-order valence-electron chi connectivity index (χ4n) is 3.42. The van der Waals surface area contributed by atoms with Crippen LogP contribution in [0.1, 0.15) is 23.4 Å². The van der Waals surface area contributed by atoms with Crippen LogP contribution >= 0.6 is 0 Å². The molecule has 0 spiro atoms. The van der Waals surface area contributed by atoms with Crippen molar-refractivity contribution in [3.05, 3.63) is 71.6 Å². The molecular formula is C22H17F6N3. The number of aromatic amines is 1. The second-order valence-corrected chi connectivity index (χ2v) is 7.14. The van der Waals surface area contributed by atoms with Gasteiger partial charge in [0.25, 0.3) is 0 Å². The predicted molar refractivity (Wildman–Crippen MR) is 105 cm³/mol. The van der Waals surface area contributed by atoms with Crippen LogP contribution in [0.5, 0.6) is 0 Å². The minimum absolute atomic E-state index is 0.378. The molecule has 1 aliphatic rings. The van der Waals surface area contributed by atoms with Crippen molar-refractivity contribution in [3.8, 4) is 22.5 Å². The third-order valence-electron chi connectivity index (χ3n) is 5.06. The van der Waals surface area contributed by atoms with Gasteiger partial charge in [0, 0.05) is 17.7 Å². The molecule has 9 heteroatoms. The molecule has 0 atom stereocenters. The smallest absolute Gasteiger partial charge is 0.338 e. The first-order valence-electron chi connectivity index (χ1n) is 9.48. The zero-order valence-electron chi connectivity index (χ0n) is 16.0. The van der Waals surface area contributed by atoms with Crippen molar-refractivity contribution in [1.29, 1.82) is 0 Å². The number of hydrogen-bond donors (Lipinski definition) is 2. The maximum Gasteiger partial charge on any atom is 0.416 e. The maximum atomic E-state index is 12.9. The molecule has 0 unspecified atom stereocenters. The fourth-order valence-corrected chi connectivity index (χ4v) is 3.42. The summed E-state index contributed by atoms with van der Waals surface area (Å²) in [6, 6.07) is 9.13. The highest BCUT2D eigenvalue weighted by molar-refractivity contribution is 5.81. The molecule has 162 valence electrons. The van der Waals surface area contributed by atoms with Crippen LogP contribution in [-0.2, 0) is 12.4 Å². The third kappa shape index (κ3) is 4.51. The first-order chi connectivity index (χ1) is 14.6. The van der Waals surface area contributed by atoms with Crippen molar-refractivity contribution in [1.82, 2.24) is 15.3 Å². The Hall–Kier alpha value is -3.07. The highest BCUT2D eigenvalue weighted by Crippen LogP contribution is 2.36. The van der Waals surface area contributed by atoms with Crippen molar-refractivity contribution in [3.63, 3.8) is 0 Å². The molecular weight excluding hydrogens is 420 g/mol. The van der Waals surface area contributed by atoms with E-state index in [9.17, 15) is 26.3 Å². The molecule has 1 aliphatic heterocycles. The third-order valence-corrected chi connectivity index (χ3v) is 5.06. The van der Waals surface area contributed by atoms with E-state index in [4.69, 9.17) is 0 Å². The Labute approximate surface area is 173 Å². The second-order valence-electron chi connectivity index (χ2n) is 7.14. The number of rotatable bonds is 3. The van der Waals surface area contributed by atoms with Gasteiger partial charge in [0.1, 0.15) is 5.82 Å². The van der Waals surface area contributed by atoms with E-state index < -0.39 is 23.5 Å². The molecule has 2 N–H and O–H groups in total. The number of aromatic nitrogens is 2. The Morgan fingerprint density at radius 1 is 0.742 bits per heavy atom. The Bertz CT molecular complexity index is 1020. The number of halogens is 6. The lowest BCUT2D eigenvalue weighted by atomic mass is 10.0. The highest BCUT2D eigenvalue weighted by atomic mass is 19.4. The Morgan fingerprint density at radius 3 is 1.77 bits per heavy atom. The van der Waals surface area contributed by atoms with Crippen LogP contribution in [-0.4, -0.2) is 23.1 Å². The topological polar surface area (TPSA) is 40.7 Å². The van der Waals surface area contributed by atoms with Gasteiger partial charge in [0.05, 0.1) is 22.5 Å². The molecule has 3 nitrogen and oxygen atoms in total. The average Bonchev–Trinajstić information content (AvgIpc) is 3.19. The summed E-state index contributed by atoms with van der Waals surface area (Å²) in [5, 5.41) is 3.18. The van der Waals surface area contributed by atoms with Crippen molar-refractivity contribution in [2.24, 2.45) is 0 Å². The summed E-state index contributed by atoms with van der Waals surface area (Å²) in [5.74, 6) is 0.547. The van der Waals surface area contributed by atoms with E-state index in [-0.39, 0.29) is 0 Å². The van der Waals surface area contributed by atoms with Gasteiger partial charge in [-0.05, 0) is 42.8 Å². The standard InChI is InChI=1S/C22H17F6N3/c23-21(24,25)16-5-1-13(2-6-16)18-19(14-3-7-17(8-4-14)22(26,27)28)31-20(30-18)15-9-11-29-12-10-15/h1-9,29H,10-12H2,(H,30,31). The monoisotopic (exact) mass is 437 g/mol. The molecule has 0 saturated heterocycles. The number of nitrogens with zero attached hydrogens (tertiary/aromatic N) is 1. The minimum atomic E-state index is -4.47. The zero-order chi connectivity index (χ0) is 22.2. The van der Waals surface area contributed by atoms with Gasteiger partial charge in [-0.1, -0.05) is 30.3 Å². The van der Waals surface area contributed by atoms with E-state index in [1.54, 1.807) is 0 Å². The van der Waals surface area contributed by atoms with Crippen molar-refractivity contribution < 1.29 is 26.3 Å². The number of benzene rings is 2. The van der Waals surface area contributed by atoms with Crippen LogP contribution in [0, 0.1) is 0 Å². The Balaban J connectivity index is 1.79. The first kappa shape index (κ1) is 21.2. The molecule has 4 rings (SSSR count). The molecule has 3 aromatic rings. The van der Waals surface area contributed by atoms with Crippen molar-refractivity contribution in [2.75, 3.05) is 13.1 Å². The molecule has 0 aliphatic carbocycles. The molecule has 31 heavy (non-hydrogen) atoms. The molecule has 2 heterocycles. The van der Waals surface area contributed by atoms with E-state index in [2.05, 4.69) is 15.3 Å². The number of nitrogens with one attached hydrogen (secondary N) is 2. The van der Waals surface area contributed by atoms with E-state index >= 15 is 0 Å².